The topological polar surface area (TPSA) is 88.5 Å². The quantitative estimate of drug-likeness (QED) is 0.774. The van der Waals surface area contributed by atoms with Crippen LogP contribution in [0.1, 0.15) is 5.56 Å². The molecule has 6 heteroatoms. The minimum Gasteiger partial charge on any atom is -0.480 e. The molecule has 0 aliphatic carbocycles. The molecule has 1 amide bonds. The molecule has 0 spiro atoms. The number of aliphatic carboxylic acids is 1. The highest BCUT2D eigenvalue weighted by Crippen LogP contribution is 2.02. The summed E-state index contributed by atoms with van der Waals surface area (Å²) in [5.74, 6) is -1.11. The van der Waals surface area contributed by atoms with Crippen molar-refractivity contribution in [1.29, 1.82) is 0 Å². The van der Waals surface area contributed by atoms with Gasteiger partial charge in [0.2, 0.25) is 0 Å². The number of carbonyl (C=O) groups excluding carboxylic acids is 1. The molecule has 86 valence electrons. The summed E-state index contributed by atoms with van der Waals surface area (Å²) in [5.41, 5.74) is 0.777. The second kappa shape index (κ2) is 5.69. The lowest BCUT2D eigenvalue weighted by Gasteiger charge is -2.13. The first-order valence-corrected chi connectivity index (χ1v) is 4.59. The number of aromatic nitrogens is 1. The molecule has 0 saturated carbocycles. The highest BCUT2D eigenvalue weighted by molar-refractivity contribution is 5.80. The Hall–Kier alpha value is -2.11. The van der Waals surface area contributed by atoms with E-state index in [2.05, 4.69) is 15.0 Å². The maximum Gasteiger partial charge on any atom is 0.407 e. The summed E-state index contributed by atoms with van der Waals surface area (Å²) in [6.07, 6.45) is 2.55. The van der Waals surface area contributed by atoms with E-state index in [1.165, 1.54) is 7.11 Å². The van der Waals surface area contributed by atoms with E-state index in [4.69, 9.17) is 5.11 Å². The van der Waals surface area contributed by atoms with Gasteiger partial charge in [0.05, 0.1) is 7.11 Å². The lowest BCUT2D eigenvalue weighted by atomic mass is 10.1. The SMILES string of the molecule is COC(=O)N[C@@H](Cc1ccncc1)C(=O)O. The number of carboxylic acids is 1. The lowest BCUT2D eigenvalue weighted by molar-refractivity contribution is -0.139. The molecule has 1 rings (SSSR count). The molecule has 0 fully saturated rings. The molecule has 0 aromatic carbocycles. The predicted molar refractivity (Wildman–Crippen MR) is 54.9 cm³/mol. The van der Waals surface area contributed by atoms with Crippen LogP contribution < -0.4 is 5.32 Å². The van der Waals surface area contributed by atoms with E-state index in [0.29, 0.717) is 0 Å². The van der Waals surface area contributed by atoms with Crippen molar-refractivity contribution in [2.45, 2.75) is 12.5 Å². The standard InChI is InChI=1S/C10H12N2O4/c1-16-10(15)12-8(9(13)14)6-7-2-4-11-5-3-7/h2-5,8H,6H2,1H3,(H,12,15)(H,13,14)/t8-/m0/s1. The van der Waals surface area contributed by atoms with E-state index >= 15 is 0 Å². The normalized spacial score (nSPS) is 11.6. The largest absolute Gasteiger partial charge is 0.480 e. The number of hydrogen-bond donors (Lipinski definition) is 2. The molecule has 2 N–H and O–H groups in total. The van der Waals surface area contributed by atoms with Crippen molar-refractivity contribution >= 4 is 12.1 Å². The van der Waals surface area contributed by atoms with Gasteiger partial charge in [-0.15, -0.1) is 0 Å². The summed E-state index contributed by atoms with van der Waals surface area (Å²) in [6.45, 7) is 0. The Kier molecular flexibility index (Phi) is 4.26. The fraction of sp³-hybridized carbons (Fsp3) is 0.300. The van der Waals surface area contributed by atoms with Crippen molar-refractivity contribution in [2.75, 3.05) is 7.11 Å². The molecule has 1 aromatic heterocycles. The van der Waals surface area contributed by atoms with Gasteiger partial charge >= 0.3 is 12.1 Å². The van der Waals surface area contributed by atoms with Crippen LogP contribution in [0, 0.1) is 0 Å². The zero-order chi connectivity index (χ0) is 12.0. The number of methoxy groups -OCH3 is 1. The van der Waals surface area contributed by atoms with Gasteiger partial charge in [-0.05, 0) is 17.7 Å². The van der Waals surface area contributed by atoms with Crippen molar-refractivity contribution in [3.05, 3.63) is 30.1 Å². The van der Waals surface area contributed by atoms with E-state index < -0.39 is 18.1 Å². The predicted octanol–water partition coefficient (Wildman–Crippen LogP) is 0.433. The molecular weight excluding hydrogens is 212 g/mol. The fourth-order valence-corrected chi connectivity index (χ4v) is 1.16. The Morgan fingerprint density at radius 2 is 2.12 bits per heavy atom. The third kappa shape index (κ3) is 3.56. The van der Waals surface area contributed by atoms with Crippen LogP contribution in [0.5, 0.6) is 0 Å². The summed E-state index contributed by atoms with van der Waals surface area (Å²) in [6, 6.07) is 2.37. The Morgan fingerprint density at radius 1 is 1.50 bits per heavy atom. The van der Waals surface area contributed by atoms with Crippen molar-refractivity contribution in [3.8, 4) is 0 Å². The van der Waals surface area contributed by atoms with E-state index in [1.54, 1.807) is 24.5 Å². The second-order valence-corrected chi connectivity index (χ2v) is 3.09. The number of nitrogens with zero attached hydrogens (tertiary/aromatic N) is 1. The van der Waals surface area contributed by atoms with Crippen LogP contribution in [0.3, 0.4) is 0 Å². The van der Waals surface area contributed by atoms with Crippen LogP contribution >= 0.6 is 0 Å². The van der Waals surface area contributed by atoms with Gasteiger partial charge in [0.1, 0.15) is 6.04 Å². The minimum absolute atomic E-state index is 0.187. The summed E-state index contributed by atoms with van der Waals surface area (Å²) in [7, 11) is 1.18. The molecular formula is C10H12N2O4. The fourth-order valence-electron chi connectivity index (χ4n) is 1.16. The van der Waals surface area contributed by atoms with E-state index in [1.807, 2.05) is 0 Å². The van der Waals surface area contributed by atoms with Crippen LogP contribution in [0.4, 0.5) is 4.79 Å². The van der Waals surface area contributed by atoms with Gasteiger partial charge in [0, 0.05) is 18.8 Å². The molecule has 0 aliphatic heterocycles. The summed E-state index contributed by atoms with van der Waals surface area (Å²) in [5, 5.41) is 11.1. The number of hydrogen-bond acceptors (Lipinski definition) is 4. The van der Waals surface area contributed by atoms with Gasteiger partial charge in [0.25, 0.3) is 0 Å². The lowest BCUT2D eigenvalue weighted by Crippen LogP contribution is -2.42. The molecule has 0 unspecified atom stereocenters. The average molecular weight is 224 g/mol. The molecule has 0 saturated heterocycles. The first-order chi connectivity index (χ1) is 7.63. The average Bonchev–Trinajstić information content (AvgIpc) is 2.29. The van der Waals surface area contributed by atoms with Gasteiger partial charge in [-0.1, -0.05) is 0 Å². The number of amides is 1. The monoisotopic (exact) mass is 224 g/mol. The molecule has 0 radical (unpaired) electrons. The van der Waals surface area contributed by atoms with Crippen LogP contribution in [0.15, 0.2) is 24.5 Å². The number of carbonyl (C=O) groups is 2. The summed E-state index contributed by atoms with van der Waals surface area (Å²) < 4.78 is 4.34. The van der Waals surface area contributed by atoms with Crippen LogP contribution in [-0.4, -0.2) is 35.3 Å². The highest BCUT2D eigenvalue weighted by atomic mass is 16.5. The van der Waals surface area contributed by atoms with Gasteiger partial charge in [-0.25, -0.2) is 9.59 Å². The molecule has 16 heavy (non-hydrogen) atoms. The summed E-state index contributed by atoms with van der Waals surface area (Å²) in [4.78, 5) is 25.6. The molecule has 0 bridgehead atoms. The van der Waals surface area contributed by atoms with Gasteiger partial charge in [0.15, 0.2) is 0 Å². The number of pyridine rings is 1. The Morgan fingerprint density at radius 3 is 2.62 bits per heavy atom. The van der Waals surface area contributed by atoms with E-state index in [-0.39, 0.29) is 6.42 Å². The molecule has 6 nitrogen and oxygen atoms in total. The summed E-state index contributed by atoms with van der Waals surface area (Å²) >= 11 is 0. The van der Waals surface area contributed by atoms with Gasteiger partial charge < -0.3 is 15.2 Å². The zero-order valence-electron chi connectivity index (χ0n) is 8.71. The molecule has 1 atom stereocenters. The molecule has 0 aliphatic rings. The van der Waals surface area contributed by atoms with Crippen molar-refractivity contribution in [2.24, 2.45) is 0 Å². The number of nitrogens with one attached hydrogen (secondary N) is 1. The number of alkyl carbamates (subject to hydrolysis) is 1. The van der Waals surface area contributed by atoms with Crippen LogP contribution in [0.25, 0.3) is 0 Å². The smallest absolute Gasteiger partial charge is 0.407 e. The van der Waals surface area contributed by atoms with E-state index in [9.17, 15) is 9.59 Å². The Balaban J connectivity index is 2.65. The minimum atomic E-state index is -1.11. The number of carboxylic acid groups (broad SMARTS) is 1. The third-order valence-corrected chi connectivity index (χ3v) is 1.96. The molecule has 1 aromatic rings. The second-order valence-electron chi connectivity index (χ2n) is 3.09. The van der Waals surface area contributed by atoms with Gasteiger partial charge in [-0.3, -0.25) is 4.98 Å². The van der Waals surface area contributed by atoms with Crippen molar-refractivity contribution in [3.63, 3.8) is 0 Å². The number of rotatable bonds is 4. The van der Waals surface area contributed by atoms with Crippen LogP contribution in [0.2, 0.25) is 0 Å². The maximum atomic E-state index is 10.9. The highest BCUT2D eigenvalue weighted by Gasteiger charge is 2.20. The first kappa shape index (κ1) is 12.0. The third-order valence-electron chi connectivity index (χ3n) is 1.96. The molecule has 1 heterocycles. The van der Waals surface area contributed by atoms with Crippen molar-refractivity contribution < 1.29 is 19.4 Å². The van der Waals surface area contributed by atoms with Gasteiger partial charge in [-0.2, -0.15) is 0 Å². The Bertz CT molecular complexity index is 366. The number of ether oxygens (including phenoxy) is 1. The van der Waals surface area contributed by atoms with Crippen LogP contribution in [-0.2, 0) is 16.0 Å². The van der Waals surface area contributed by atoms with E-state index in [0.717, 1.165) is 5.56 Å². The maximum absolute atomic E-state index is 10.9. The zero-order valence-corrected chi connectivity index (χ0v) is 8.71. The first-order valence-electron chi connectivity index (χ1n) is 4.59. The van der Waals surface area contributed by atoms with Crippen molar-refractivity contribution in [1.82, 2.24) is 10.3 Å². The Labute approximate surface area is 92.3 Å².